The van der Waals surface area contributed by atoms with E-state index in [0.29, 0.717) is 23.2 Å². The molecule has 5 rings (SSSR count). The van der Waals surface area contributed by atoms with Gasteiger partial charge >= 0.3 is 5.97 Å². The normalized spacial score (nSPS) is 12.8. The Bertz CT molecular complexity index is 1400. The fourth-order valence-electron chi connectivity index (χ4n) is 4.19. The zero-order chi connectivity index (χ0) is 22.2. The van der Waals surface area contributed by atoms with E-state index in [1.165, 1.54) is 7.11 Å². The number of benzene rings is 3. The first-order chi connectivity index (χ1) is 15.6. The first-order valence-electron chi connectivity index (χ1n) is 10.2. The standard InChI is InChI=1S/C27H19NO4/c1-32-27(31)18-8-6-7-17(13-18)15-28-16-19(20-9-4-5-12-24(20)28)14-23-25(29)21-10-2-3-11-22(21)26(23)30/h2-14,16H,15H2,1H3. The summed E-state index contributed by atoms with van der Waals surface area (Å²) in [6, 6.07) is 22.0. The van der Waals surface area contributed by atoms with Crippen LogP contribution >= 0.6 is 0 Å². The van der Waals surface area contributed by atoms with Crippen molar-refractivity contribution in [3.05, 3.63) is 112 Å². The van der Waals surface area contributed by atoms with E-state index in [1.807, 2.05) is 42.6 Å². The Balaban J connectivity index is 1.56. The van der Waals surface area contributed by atoms with Crippen molar-refractivity contribution in [2.24, 2.45) is 0 Å². The summed E-state index contributed by atoms with van der Waals surface area (Å²) in [7, 11) is 1.36. The SMILES string of the molecule is COC(=O)c1cccc(Cn2cc(C=C3C(=O)c4ccccc4C3=O)c3ccccc32)c1. The summed E-state index contributed by atoms with van der Waals surface area (Å²) >= 11 is 0. The van der Waals surface area contributed by atoms with Gasteiger partial charge in [0.05, 0.1) is 18.2 Å². The number of rotatable bonds is 4. The van der Waals surface area contributed by atoms with E-state index in [1.54, 1.807) is 42.5 Å². The lowest BCUT2D eigenvalue weighted by Gasteiger charge is -2.07. The van der Waals surface area contributed by atoms with Crippen LogP contribution in [0.1, 0.15) is 42.2 Å². The number of hydrogen-bond acceptors (Lipinski definition) is 4. The molecule has 0 unspecified atom stereocenters. The number of aromatic nitrogens is 1. The van der Waals surface area contributed by atoms with Gasteiger partial charge in [-0.15, -0.1) is 0 Å². The van der Waals surface area contributed by atoms with Gasteiger partial charge in [0.1, 0.15) is 0 Å². The van der Waals surface area contributed by atoms with Crippen LogP contribution in [-0.4, -0.2) is 29.2 Å². The largest absolute Gasteiger partial charge is 0.465 e. The van der Waals surface area contributed by atoms with Crippen molar-refractivity contribution in [3.8, 4) is 0 Å². The lowest BCUT2D eigenvalue weighted by atomic mass is 10.1. The molecule has 0 atom stereocenters. The second-order valence-electron chi connectivity index (χ2n) is 7.68. The van der Waals surface area contributed by atoms with E-state index in [2.05, 4.69) is 4.57 Å². The third-order valence-corrected chi connectivity index (χ3v) is 5.73. The zero-order valence-corrected chi connectivity index (χ0v) is 17.4. The molecule has 1 aliphatic rings. The molecule has 1 aromatic heterocycles. The number of nitrogens with zero attached hydrogens (tertiary/aromatic N) is 1. The number of Topliss-reactive ketones (excluding diaryl/α,β-unsaturated/α-hetero) is 2. The number of ketones is 2. The Morgan fingerprint density at radius 2 is 1.59 bits per heavy atom. The number of ether oxygens (including phenoxy) is 1. The average Bonchev–Trinajstić information content (AvgIpc) is 3.29. The number of carbonyl (C=O) groups excluding carboxylic acids is 3. The van der Waals surface area contributed by atoms with Crippen LogP contribution in [-0.2, 0) is 11.3 Å². The second kappa shape index (κ2) is 7.78. The molecule has 0 N–H and O–H groups in total. The summed E-state index contributed by atoms with van der Waals surface area (Å²) in [5.74, 6) is -0.867. The maximum atomic E-state index is 12.8. The molecule has 0 aliphatic heterocycles. The third kappa shape index (κ3) is 3.24. The molecule has 0 bridgehead atoms. The number of methoxy groups -OCH3 is 1. The molecule has 5 nitrogen and oxygen atoms in total. The van der Waals surface area contributed by atoms with Gasteiger partial charge in [0.2, 0.25) is 0 Å². The highest BCUT2D eigenvalue weighted by Crippen LogP contribution is 2.30. The Kier molecular flexibility index (Phi) is 4.79. The Morgan fingerprint density at radius 1 is 0.906 bits per heavy atom. The lowest BCUT2D eigenvalue weighted by Crippen LogP contribution is -2.03. The second-order valence-corrected chi connectivity index (χ2v) is 7.68. The molecule has 0 fully saturated rings. The molecular formula is C27H19NO4. The molecule has 32 heavy (non-hydrogen) atoms. The highest BCUT2D eigenvalue weighted by Gasteiger charge is 2.32. The summed E-state index contributed by atoms with van der Waals surface area (Å²) in [6.07, 6.45) is 3.63. The van der Waals surface area contributed by atoms with E-state index in [-0.39, 0.29) is 23.1 Å². The number of fused-ring (bicyclic) bond motifs is 2. The van der Waals surface area contributed by atoms with Crippen molar-refractivity contribution in [2.75, 3.05) is 7.11 Å². The minimum absolute atomic E-state index is 0.182. The van der Waals surface area contributed by atoms with Crippen molar-refractivity contribution in [1.82, 2.24) is 4.57 Å². The Hall–Kier alpha value is -4.25. The third-order valence-electron chi connectivity index (χ3n) is 5.73. The summed E-state index contributed by atoms with van der Waals surface area (Å²) in [6.45, 7) is 0.524. The van der Waals surface area contributed by atoms with Gasteiger partial charge in [0.25, 0.3) is 0 Å². The first-order valence-corrected chi connectivity index (χ1v) is 10.2. The predicted octanol–water partition coefficient (Wildman–Crippen LogP) is 4.94. The van der Waals surface area contributed by atoms with E-state index < -0.39 is 0 Å². The average molecular weight is 421 g/mol. The van der Waals surface area contributed by atoms with Crippen molar-refractivity contribution in [1.29, 1.82) is 0 Å². The van der Waals surface area contributed by atoms with Gasteiger partial charge in [-0.1, -0.05) is 54.6 Å². The van der Waals surface area contributed by atoms with Crippen LogP contribution in [0.25, 0.3) is 17.0 Å². The van der Waals surface area contributed by atoms with Gasteiger partial charge < -0.3 is 9.30 Å². The number of carbonyl (C=O) groups is 3. The molecule has 0 saturated carbocycles. The highest BCUT2D eigenvalue weighted by molar-refractivity contribution is 6.41. The monoisotopic (exact) mass is 421 g/mol. The van der Waals surface area contributed by atoms with Crippen molar-refractivity contribution in [2.45, 2.75) is 6.54 Å². The molecular weight excluding hydrogens is 402 g/mol. The molecule has 0 spiro atoms. The molecule has 5 heteroatoms. The lowest BCUT2D eigenvalue weighted by molar-refractivity contribution is 0.0600. The van der Waals surface area contributed by atoms with E-state index in [9.17, 15) is 14.4 Å². The van der Waals surface area contributed by atoms with Gasteiger partial charge in [-0.2, -0.15) is 0 Å². The molecule has 1 heterocycles. The van der Waals surface area contributed by atoms with Gasteiger partial charge in [0, 0.05) is 40.3 Å². The quantitative estimate of drug-likeness (QED) is 0.266. The van der Waals surface area contributed by atoms with Gasteiger partial charge in [-0.05, 0) is 29.8 Å². The molecule has 156 valence electrons. The van der Waals surface area contributed by atoms with Crippen LogP contribution in [0.4, 0.5) is 0 Å². The molecule has 0 amide bonds. The molecule has 0 saturated heterocycles. The van der Waals surface area contributed by atoms with Crippen LogP contribution in [0, 0.1) is 0 Å². The highest BCUT2D eigenvalue weighted by atomic mass is 16.5. The molecule has 1 aliphatic carbocycles. The topological polar surface area (TPSA) is 65.4 Å². The Morgan fingerprint density at radius 3 is 2.31 bits per heavy atom. The van der Waals surface area contributed by atoms with Crippen LogP contribution < -0.4 is 0 Å². The smallest absolute Gasteiger partial charge is 0.337 e. The summed E-state index contributed by atoms with van der Waals surface area (Å²) < 4.78 is 6.87. The predicted molar refractivity (Wildman–Crippen MR) is 122 cm³/mol. The molecule has 0 radical (unpaired) electrons. The Labute approximate surface area is 184 Å². The fraction of sp³-hybridized carbons (Fsp3) is 0.0741. The van der Waals surface area contributed by atoms with Crippen LogP contribution in [0.2, 0.25) is 0 Å². The fourth-order valence-corrected chi connectivity index (χ4v) is 4.19. The first kappa shape index (κ1) is 19.7. The van der Waals surface area contributed by atoms with Gasteiger partial charge in [0.15, 0.2) is 11.6 Å². The van der Waals surface area contributed by atoms with Crippen molar-refractivity contribution < 1.29 is 19.1 Å². The van der Waals surface area contributed by atoms with Crippen molar-refractivity contribution in [3.63, 3.8) is 0 Å². The molecule has 3 aromatic carbocycles. The number of hydrogen-bond donors (Lipinski definition) is 0. The maximum absolute atomic E-state index is 12.8. The molecule has 4 aromatic rings. The zero-order valence-electron chi connectivity index (χ0n) is 17.4. The van der Waals surface area contributed by atoms with Crippen molar-refractivity contribution >= 4 is 34.5 Å². The van der Waals surface area contributed by atoms with Crippen LogP contribution in [0.5, 0.6) is 0 Å². The van der Waals surface area contributed by atoms with Crippen LogP contribution in [0.15, 0.2) is 84.6 Å². The van der Waals surface area contributed by atoms with Gasteiger partial charge in [-0.3, -0.25) is 9.59 Å². The minimum Gasteiger partial charge on any atom is -0.465 e. The number of allylic oxidation sites excluding steroid dienone is 1. The number of para-hydroxylation sites is 1. The summed E-state index contributed by atoms with van der Waals surface area (Å²) in [4.78, 5) is 37.6. The maximum Gasteiger partial charge on any atom is 0.337 e. The van der Waals surface area contributed by atoms with E-state index in [4.69, 9.17) is 4.74 Å². The van der Waals surface area contributed by atoms with Crippen LogP contribution in [0.3, 0.4) is 0 Å². The summed E-state index contributed by atoms with van der Waals surface area (Å²) in [5.41, 5.74) is 4.28. The number of esters is 1. The summed E-state index contributed by atoms with van der Waals surface area (Å²) in [5, 5.41) is 0.945. The minimum atomic E-state index is -0.382. The van der Waals surface area contributed by atoms with E-state index >= 15 is 0 Å². The van der Waals surface area contributed by atoms with Gasteiger partial charge in [-0.25, -0.2) is 4.79 Å². The van der Waals surface area contributed by atoms with E-state index in [0.717, 1.165) is 22.0 Å².